The molecule has 1 aromatic carbocycles. The Kier molecular flexibility index (Phi) is 5.02. The third-order valence-electron chi connectivity index (χ3n) is 3.29. The van der Waals surface area contributed by atoms with Crippen molar-refractivity contribution in [2.45, 2.75) is 12.5 Å². The zero-order chi connectivity index (χ0) is 16.2. The van der Waals surface area contributed by atoms with E-state index in [0.717, 1.165) is 0 Å². The number of benzene rings is 1. The summed E-state index contributed by atoms with van der Waals surface area (Å²) < 4.78 is 27.9. The lowest BCUT2D eigenvalue weighted by Crippen LogP contribution is -2.38. The number of rotatable bonds is 5. The van der Waals surface area contributed by atoms with Crippen molar-refractivity contribution >= 4 is 21.7 Å². The summed E-state index contributed by atoms with van der Waals surface area (Å²) in [4.78, 5) is 23.2. The fourth-order valence-electron chi connectivity index (χ4n) is 2.20. The van der Waals surface area contributed by atoms with Gasteiger partial charge in [-0.2, -0.15) is 0 Å². The van der Waals surface area contributed by atoms with E-state index in [1.807, 2.05) is 0 Å². The summed E-state index contributed by atoms with van der Waals surface area (Å²) in [6, 6.07) is 6.11. The summed E-state index contributed by atoms with van der Waals surface area (Å²) in [6.45, 7) is -0.228. The number of amides is 2. The van der Waals surface area contributed by atoms with Crippen molar-refractivity contribution in [1.29, 1.82) is 0 Å². The first-order valence-corrected chi connectivity index (χ1v) is 8.66. The molecule has 7 nitrogen and oxygen atoms in total. The maximum atomic E-state index is 11.7. The molecule has 0 radical (unpaired) electrons. The van der Waals surface area contributed by atoms with Crippen molar-refractivity contribution < 1.29 is 22.7 Å². The second-order valence-electron chi connectivity index (χ2n) is 5.06. The van der Waals surface area contributed by atoms with Crippen molar-refractivity contribution in [3.63, 3.8) is 0 Å². The van der Waals surface area contributed by atoms with Gasteiger partial charge in [-0.15, -0.1) is 0 Å². The number of ether oxygens (including phenoxy) is 1. The van der Waals surface area contributed by atoms with Crippen LogP contribution in [0.1, 0.15) is 16.8 Å². The van der Waals surface area contributed by atoms with Crippen LogP contribution in [0.15, 0.2) is 24.3 Å². The number of carbonyl (C=O) groups is 2. The van der Waals surface area contributed by atoms with Gasteiger partial charge in [0.2, 0.25) is 0 Å². The van der Waals surface area contributed by atoms with Gasteiger partial charge < -0.3 is 15.4 Å². The van der Waals surface area contributed by atoms with Crippen LogP contribution in [0.25, 0.3) is 0 Å². The minimum absolute atomic E-state index is 0.0229. The predicted molar refractivity (Wildman–Crippen MR) is 80.5 cm³/mol. The quantitative estimate of drug-likeness (QED) is 0.775. The van der Waals surface area contributed by atoms with Gasteiger partial charge in [-0.05, 0) is 24.6 Å². The SMILES string of the molecule is CNC(=O)c1cccc(OCC(=O)N[C@@H]2CCS(=O)(=O)C2)c1. The van der Waals surface area contributed by atoms with Crippen molar-refractivity contribution in [3.05, 3.63) is 29.8 Å². The molecule has 0 unspecified atom stereocenters. The summed E-state index contributed by atoms with van der Waals surface area (Å²) in [5.74, 6) is -0.147. The van der Waals surface area contributed by atoms with Crippen LogP contribution in [-0.2, 0) is 14.6 Å². The van der Waals surface area contributed by atoms with E-state index < -0.39 is 9.84 Å². The van der Waals surface area contributed by atoms with E-state index >= 15 is 0 Å². The molecule has 1 atom stereocenters. The normalized spacial score (nSPS) is 19.4. The third-order valence-corrected chi connectivity index (χ3v) is 5.06. The highest BCUT2D eigenvalue weighted by molar-refractivity contribution is 7.91. The van der Waals surface area contributed by atoms with Crippen molar-refractivity contribution in [3.8, 4) is 5.75 Å². The molecule has 0 aromatic heterocycles. The van der Waals surface area contributed by atoms with Crippen molar-refractivity contribution in [2.75, 3.05) is 25.2 Å². The molecule has 8 heteroatoms. The lowest BCUT2D eigenvalue weighted by Gasteiger charge is -2.12. The van der Waals surface area contributed by atoms with Crippen molar-refractivity contribution in [1.82, 2.24) is 10.6 Å². The molecule has 22 heavy (non-hydrogen) atoms. The highest BCUT2D eigenvalue weighted by atomic mass is 32.2. The van der Waals surface area contributed by atoms with E-state index in [4.69, 9.17) is 4.74 Å². The first kappa shape index (κ1) is 16.3. The summed E-state index contributed by atoms with van der Waals surface area (Å²) in [6.07, 6.45) is 0.431. The van der Waals surface area contributed by atoms with Gasteiger partial charge >= 0.3 is 0 Å². The van der Waals surface area contributed by atoms with E-state index in [1.165, 1.54) is 13.1 Å². The Balaban J connectivity index is 1.85. The van der Waals surface area contributed by atoms with Gasteiger partial charge in [0.05, 0.1) is 11.5 Å². The zero-order valence-electron chi connectivity index (χ0n) is 12.2. The van der Waals surface area contributed by atoms with Crippen molar-refractivity contribution in [2.24, 2.45) is 0 Å². The standard InChI is InChI=1S/C14H18N2O5S/c1-15-14(18)10-3-2-4-12(7-10)21-8-13(17)16-11-5-6-22(19,20)9-11/h2-4,7,11H,5-6,8-9H2,1H3,(H,15,18)(H,16,17)/t11-/m1/s1. The molecule has 2 rings (SSSR count). The number of sulfone groups is 1. The number of nitrogens with one attached hydrogen (secondary N) is 2. The van der Waals surface area contributed by atoms with Gasteiger partial charge in [0.1, 0.15) is 5.75 Å². The molecular formula is C14H18N2O5S. The molecule has 0 saturated carbocycles. The number of hydrogen-bond acceptors (Lipinski definition) is 5. The molecular weight excluding hydrogens is 308 g/mol. The average molecular weight is 326 g/mol. The molecule has 1 aliphatic rings. The molecule has 2 N–H and O–H groups in total. The second-order valence-corrected chi connectivity index (χ2v) is 7.29. The van der Waals surface area contributed by atoms with E-state index in [9.17, 15) is 18.0 Å². The smallest absolute Gasteiger partial charge is 0.258 e. The van der Waals surface area contributed by atoms with E-state index in [0.29, 0.717) is 17.7 Å². The molecule has 1 heterocycles. The first-order valence-electron chi connectivity index (χ1n) is 6.84. The predicted octanol–water partition coefficient (Wildman–Crippen LogP) is -0.272. The fraction of sp³-hybridized carbons (Fsp3) is 0.429. The van der Waals surface area contributed by atoms with Crippen LogP contribution >= 0.6 is 0 Å². The lowest BCUT2D eigenvalue weighted by molar-refractivity contribution is -0.123. The maximum Gasteiger partial charge on any atom is 0.258 e. The molecule has 2 amide bonds. The van der Waals surface area contributed by atoms with E-state index in [1.54, 1.807) is 18.2 Å². The summed E-state index contributed by atoms with van der Waals surface area (Å²) in [7, 11) is -1.50. The molecule has 0 spiro atoms. The Morgan fingerprint density at radius 3 is 2.77 bits per heavy atom. The minimum atomic E-state index is -3.03. The van der Waals surface area contributed by atoms with E-state index in [2.05, 4.69) is 10.6 Å². The number of hydrogen-bond donors (Lipinski definition) is 2. The van der Waals surface area contributed by atoms with Crippen LogP contribution in [-0.4, -0.2) is 51.4 Å². The topological polar surface area (TPSA) is 102 Å². The molecule has 1 aliphatic heterocycles. The Labute approximate surface area is 129 Å². The lowest BCUT2D eigenvalue weighted by atomic mass is 10.2. The Morgan fingerprint density at radius 1 is 1.36 bits per heavy atom. The molecule has 1 fully saturated rings. The van der Waals surface area contributed by atoms with Crippen LogP contribution in [0.4, 0.5) is 0 Å². The van der Waals surface area contributed by atoms with Gasteiger partial charge in [-0.1, -0.05) is 6.07 Å². The minimum Gasteiger partial charge on any atom is -0.484 e. The molecule has 0 bridgehead atoms. The zero-order valence-corrected chi connectivity index (χ0v) is 13.0. The Morgan fingerprint density at radius 2 is 2.14 bits per heavy atom. The molecule has 0 aliphatic carbocycles. The fourth-order valence-corrected chi connectivity index (χ4v) is 3.87. The monoisotopic (exact) mass is 326 g/mol. The van der Waals surface area contributed by atoms with Gasteiger partial charge in [0, 0.05) is 18.7 Å². The van der Waals surface area contributed by atoms with Crippen LogP contribution < -0.4 is 15.4 Å². The summed E-state index contributed by atoms with van der Waals surface area (Å²) in [5.41, 5.74) is 0.433. The van der Waals surface area contributed by atoms with Crippen LogP contribution in [0.3, 0.4) is 0 Å². The highest BCUT2D eigenvalue weighted by Crippen LogP contribution is 2.14. The Hall–Kier alpha value is -2.09. The first-order chi connectivity index (χ1) is 10.4. The van der Waals surface area contributed by atoms with Crippen LogP contribution in [0.5, 0.6) is 5.75 Å². The summed E-state index contributed by atoms with van der Waals surface area (Å²) in [5, 5.41) is 5.13. The molecule has 1 aromatic rings. The average Bonchev–Trinajstić information content (AvgIpc) is 2.83. The van der Waals surface area contributed by atoms with Gasteiger partial charge in [-0.25, -0.2) is 8.42 Å². The van der Waals surface area contributed by atoms with E-state index in [-0.39, 0.29) is 36.0 Å². The van der Waals surface area contributed by atoms with Gasteiger partial charge in [-0.3, -0.25) is 9.59 Å². The number of carbonyl (C=O) groups excluding carboxylic acids is 2. The van der Waals surface area contributed by atoms with Crippen LogP contribution in [0, 0.1) is 0 Å². The molecule has 120 valence electrons. The highest BCUT2D eigenvalue weighted by Gasteiger charge is 2.28. The second kappa shape index (κ2) is 6.78. The third kappa shape index (κ3) is 4.45. The summed E-state index contributed by atoms with van der Waals surface area (Å²) >= 11 is 0. The maximum absolute atomic E-state index is 11.7. The Bertz CT molecular complexity index is 672. The van der Waals surface area contributed by atoms with Gasteiger partial charge in [0.15, 0.2) is 16.4 Å². The molecule has 1 saturated heterocycles. The van der Waals surface area contributed by atoms with Gasteiger partial charge in [0.25, 0.3) is 11.8 Å². The van der Waals surface area contributed by atoms with Crippen LogP contribution in [0.2, 0.25) is 0 Å². The largest absolute Gasteiger partial charge is 0.484 e.